The summed E-state index contributed by atoms with van der Waals surface area (Å²) in [7, 11) is 0. The van der Waals surface area contributed by atoms with Gasteiger partial charge >= 0.3 is 6.18 Å². The molecule has 5 rings (SSSR count). The number of pyridine rings is 1. The second kappa shape index (κ2) is 8.18. The molecule has 1 fully saturated rings. The topological polar surface area (TPSA) is 75.6 Å². The highest BCUT2D eigenvalue weighted by Crippen LogP contribution is 2.40. The van der Waals surface area contributed by atoms with Gasteiger partial charge in [-0.15, -0.1) is 11.3 Å². The Morgan fingerprint density at radius 3 is 2.76 bits per heavy atom. The third-order valence-corrected chi connectivity index (χ3v) is 6.69. The Morgan fingerprint density at radius 1 is 1.18 bits per heavy atom. The summed E-state index contributed by atoms with van der Waals surface area (Å²) < 4.78 is 41.6. The summed E-state index contributed by atoms with van der Waals surface area (Å²) in [6, 6.07) is 3.63. The molecule has 1 aliphatic carbocycles. The molecule has 2 aliphatic rings. The van der Waals surface area contributed by atoms with Gasteiger partial charge in [0.2, 0.25) is 5.95 Å². The van der Waals surface area contributed by atoms with Gasteiger partial charge in [-0.3, -0.25) is 0 Å². The first-order valence-corrected chi connectivity index (χ1v) is 11.6. The highest BCUT2D eigenvalue weighted by molar-refractivity contribution is 7.13. The fourth-order valence-electron chi connectivity index (χ4n) is 4.45. The fourth-order valence-corrected chi connectivity index (χ4v) is 5.06. The zero-order valence-electron chi connectivity index (χ0n) is 18.2. The molecule has 0 spiro atoms. The molecular weight excluding hydrogens is 449 g/mol. The van der Waals surface area contributed by atoms with E-state index in [-0.39, 0.29) is 23.1 Å². The van der Waals surface area contributed by atoms with Gasteiger partial charge in [-0.2, -0.15) is 13.2 Å². The molecule has 172 valence electrons. The number of allylic oxidation sites excluding steroid dienone is 1. The standard InChI is InChI=1S/C23H23F3N6S/c1-22(2)9-13(10-27-12-22)30-21-29-11-16(23(24,25)26)19(32-21)15-4-5-17-14(15)3-6-18(31-17)20-28-7-8-33-20/h3-4,6-8,11,13,27H,5,9-10,12H2,1-2H3,(H,29,30,32)/t13-/m0/s1. The number of nitrogens with one attached hydrogen (secondary N) is 2. The number of nitrogens with zero attached hydrogens (tertiary/aromatic N) is 4. The number of piperidine rings is 1. The normalized spacial score (nSPS) is 19.8. The molecule has 0 unspecified atom stereocenters. The molecule has 3 aromatic heterocycles. The van der Waals surface area contributed by atoms with E-state index in [1.165, 1.54) is 11.3 Å². The number of thiazole rings is 1. The fraction of sp³-hybridized carbons (Fsp3) is 0.391. The Labute approximate surface area is 193 Å². The van der Waals surface area contributed by atoms with Gasteiger partial charge in [0, 0.05) is 54.5 Å². The Morgan fingerprint density at radius 2 is 2.03 bits per heavy atom. The Bertz CT molecular complexity index is 1200. The van der Waals surface area contributed by atoms with Gasteiger partial charge in [0.15, 0.2) is 0 Å². The number of anilines is 1. The first-order valence-electron chi connectivity index (χ1n) is 10.7. The van der Waals surface area contributed by atoms with Crippen LogP contribution in [-0.4, -0.2) is 39.1 Å². The van der Waals surface area contributed by atoms with Gasteiger partial charge in [-0.1, -0.05) is 26.0 Å². The Hall–Kier alpha value is -2.85. The van der Waals surface area contributed by atoms with Crippen molar-refractivity contribution >= 4 is 22.9 Å². The van der Waals surface area contributed by atoms with Crippen molar-refractivity contribution in [2.24, 2.45) is 5.41 Å². The number of alkyl halides is 3. The first kappa shape index (κ1) is 22.0. The Kier molecular flexibility index (Phi) is 5.44. The lowest BCUT2D eigenvalue weighted by atomic mass is 9.83. The van der Waals surface area contributed by atoms with Gasteiger partial charge in [-0.05, 0) is 17.9 Å². The minimum absolute atomic E-state index is 0.0331. The van der Waals surface area contributed by atoms with Crippen molar-refractivity contribution in [3.63, 3.8) is 0 Å². The third-order valence-electron chi connectivity index (χ3n) is 5.89. The summed E-state index contributed by atoms with van der Waals surface area (Å²) >= 11 is 1.47. The van der Waals surface area contributed by atoms with Crippen molar-refractivity contribution in [3.8, 4) is 10.7 Å². The zero-order valence-corrected chi connectivity index (χ0v) is 19.0. The lowest BCUT2D eigenvalue weighted by molar-refractivity contribution is -0.138. The predicted molar refractivity (Wildman–Crippen MR) is 122 cm³/mol. The number of hydrogen-bond donors (Lipinski definition) is 2. The number of hydrogen-bond acceptors (Lipinski definition) is 7. The maximum absolute atomic E-state index is 13.9. The summed E-state index contributed by atoms with van der Waals surface area (Å²) in [5, 5.41) is 9.23. The van der Waals surface area contributed by atoms with Crippen LogP contribution >= 0.6 is 11.3 Å². The predicted octanol–water partition coefficient (Wildman–Crippen LogP) is 4.80. The summed E-state index contributed by atoms with van der Waals surface area (Å²) in [5.41, 5.74) is 1.64. The van der Waals surface area contributed by atoms with Crippen LogP contribution in [0.15, 0.2) is 36.0 Å². The molecule has 10 heteroatoms. The lowest BCUT2D eigenvalue weighted by Gasteiger charge is -2.36. The largest absolute Gasteiger partial charge is 0.419 e. The van der Waals surface area contributed by atoms with Crippen molar-refractivity contribution in [3.05, 3.63) is 58.5 Å². The zero-order chi connectivity index (χ0) is 23.2. The molecule has 0 amide bonds. The van der Waals surface area contributed by atoms with Crippen LogP contribution in [0.1, 0.15) is 42.8 Å². The monoisotopic (exact) mass is 472 g/mol. The number of halogens is 3. The van der Waals surface area contributed by atoms with Crippen molar-refractivity contribution in [2.75, 3.05) is 18.4 Å². The van der Waals surface area contributed by atoms with Crippen LogP contribution in [0.4, 0.5) is 19.1 Å². The van der Waals surface area contributed by atoms with Crippen molar-refractivity contribution in [1.29, 1.82) is 0 Å². The number of aromatic nitrogens is 4. The maximum atomic E-state index is 13.9. The average Bonchev–Trinajstić information content (AvgIpc) is 3.42. The van der Waals surface area contributed by atoms with Crippen LogP contribution in [0.2, 0.25) is 0 Å². The van der Waals surface area contributed by atoms with Gasteiger partial charge < -0.3 is 10.6 Å². The SMILES string of the molecule is CC1(C)CNC[C@@H](Nc2ncc(C(F)(F)F)c(C3=CCc4nc(-c5nccs5)ccc43)n2)C1. The van der Waals surface area contributed by atoms with E-state index in [4.69, 9.17) is 0 Å². The molecule has 4 heterocycles. The van der Waals surface area contributed by atoms with E-state index < -0.39 is 11.7 Å². The van der Waals surface area contributed by atoms with E-state index in [0.29, 0.717) is 29.8 Å². The summed E-state index contributed by atoms with van der Waals surface area (Å²) in [4.78, 5) is 17.3. The van der Waals surface area contributed by atoms with Crippen molar-refractivity contribution in [2.45, 2.75) is 38.9 Å². The Balaban J connectivity index is 1.49. The molecule has 0 radical (unpaired) electrons. The third kappa shape index (κ3) is 4.49. The number of fused-ring (bicyclic) bond motifs is 1. The van der Waals surface area contributed by atoms with Crippen molar-refractivity contribution in [1.82, 2.24) is 25.3 Å². The van der Waals surface area contributed by atoms with Crippen LogP contribution in [0.25, 0.3) is 16.3 Å². The van der Waals surface area contributed by atoms with E-state index in [0.717, 1.165) is 29.9 Å². The van der Waals surface area contributed by atoms with E-state index in [9.17, 15) is 13.2 Å². The number of rotatable bonds is 4. The molecule has 1 atom stereocenters. The van der Waals surface area contributed by atoms with Crippen LogP contribution < -0.4 is 10.6 Å². The highest BCUT2D eigenvalue weighted by atomic mass is 32.1. The highest BCUT2D eigenvalue weighted by Gasteiger charge is 2.37. The molecule has 0 aromatic carbocycles. The minimum Gasteiger partial charge on any atom is -0.350 e. The average molecular weight is 473 g/mol. The quantitative estimate of drug-likeness (QED) is 0.568. The minimum atomic E-state index is -4.57. The van der Waals surface area contributed by atoms with E-state index >= 15 is 0 Å². The maximum Gasteiger partial charge on any atom is 0.419 e. The van der Waals surface area contributed by atoms with Crippen LogP contribution in [0.5, 0.6) is 0 Å². The molecule has 3 aromatic rings. The first-order chi connectivity index (χ1) is 15.7. The van der Waals surface area contributed by atoms with Gasteiger partial charge in [0.05, 0.1) is 17.1 Å². The van der Waals surface area contributed by atoms with Crippen LogP contribution in [0, 0.1) is 5.41 Å². The van der Waals surface area contributed by atoms with E-state index in [1.807, 2.05) is 5.38 Å². The van der Waals surface area contributed by atoms with Gasteiger partial charge in [0.1, 0.15) is 10.6 Å². The lowest BCUT2D eigenvalue weighted by Crippen LogP contribution is -2.47. The molecule has 0 bridgehead atoms. The van der Waals surface area contributed by atoms with Crippen LogP contribution in [0.3, 0.4) is 0 Å². The molecule has 6 nitrogen and oxygen atoms in total. The molecule has 0 saturated carbocycles. The smallest absolute Gasteiger partial charge is 0.350 e. The van der Waals surface area contributed by atoms with Gasteiger partial charge in [0.25, 0.3) is 0 Å². The second-order valence-corrected chi connectivity index (χ2v) is 10.0. The van der Waals surface area contributed by atoms with Gasteiger partial charge in [-0.25, -0.2) is 19.9 Å². The van der Waals surface area contributed by atoms with Crippen LogP contribution in [-0.2, 0) is 12.6 Å². The second-order valence-electron chi connectivity index (χ2n) is 9.14. The molecular formula is C23H23F3N6S. The molecule has 1 saturated heterocycles. The summed E-state index contributed by atoms with van der Waals surface area (Å²) in [6.45, 7) is 5.91. The van der Waals surface area contributed by atoms with Crippen molar-refractivity contribution < 1.29 is 13.2 Å². The van der Waals surface area contributed by atoms with E-state index in [2.05, 4.69) is 44.4 Å². The summed E-state index contributed by atoms with van der Waals surface area (Å²) in [6.07, 6.45) is 1.08. The molecule has 2 N–H and O–H groups in total. The molecule has 1 aliphatic heterocycles. The molecule has 33 heavy (non-hydrogen) atoms. The van der Waals surface area contributed by atoms with E-state index in [1.54, 1.807) is 24.4 Å². The summed E-state index contributed by atoms with van der Waals surface area (Å²) in [5.74, 6) is 0.198.